The van der Waals surface area contributed by atoms with Crippen molar-refractivity contribution in [3.63, 3.8) is 0 Å². The fourth-order valence-corrected chi connectivity index (χ4v) is 3.48. The number of rotatable bonds is 9. The Kier molecular flexibility index (Phi) is 7.76. The molecule has 1 aromatic carbocycles. The Hall–Kier alpha value is -0.530. The van der Waals surface area contributed by atoms with Crippen molar-refractivity contribution in [3.8, 4) is 5.75 Å². The average molecular weight is 356 g/mol. The van der Waals surface area contributed by atoms with Gasteiger partial charge in [0.05, 0.1) is 16.7 Å². The van der Waals surface area contributed by atoms with Crippen LogP contribution in [0, 0.1) is 0 Å². The lowest BCUT2D eigenvalue weighted by atomic mass is 10.3. The lowest BCUT2D eigenvalue weighted by Gasteiger charge is -2.11. The van der Waals surface area contributed by atoms with Crippen LogP contribution in [0.25, 0.3) is 0 Å². The van der Waals surface area contributed by atoms with Gasteiger partial charge in [-0.1, -0.05) is 23.2 Å². The summed E-state index contributed by atoms with van der Waals surface area (Å²) in [5, 5.41) is 0.274. The fourth-order valence-electron chi connectivity index (χ4n) is 1.59. The Balaban J connectivity index is 2.81. The first-order valence-corrected chi connectivity index (χ1v) is 8.85. The summed E-state index contributed by atoms with van der Waals surface area (Å²) < 4.78 is 37.2. The SMILES string of the molecule is CCOCCCNS(=O)(=O)c1cc(Cl)c(OCC)cc1Cl. The summed E-state index contributed by atoms with van der Waals surface area (Å²) in [6.07, 6.45) is 0.579. The highest BCUT2D eigenvalue weighted by molar-refractivity contribution is 7.89. The van der Waals surface area contributed by atoms with Gasteiger partial charge >= 0.3 is 0 Å². The van der Waals surface area contributed by atoms with Gasteiger partial charge < -0.3 is 9.47 Å². The van der Waals surface area contributed by atoms with E-state index in [2.05, 4.69) is 4.72 Å². The van der Waals surface area contributed by atoms with Gasteiger partial charge in [-0.15, -0.1) is 0 Å². The average Bonchev–Trinajstić information content (AvgIpc) is 2.42. The fraction of sp³-hybridized carbons (Fsp3) is 0.538. The lowest BCUT2D eigenvalue weighted by molar-refractivity contribution is 0.146. The second-order valence-corrected chi connectivity index (χ2v) is 6.64. The van der Waals surface area contributed by atoms with Gasteiger partial charge in [-0.2, -0.15) is 0 Å². The first-order valence-electron chi connectivity index (χ1n) is 6.61. The van der Waals surface area contributed by atoms with E-state index in [0.29, 0.717) is 32.0 Å². The molecule has 1 aromatic rings. The van der Waals surface area contributed by atoms with E-state index in [9.17, 15) is 8.42 Å². The van der Waals surface area contributed by atoms with Crippen LogP contribution in [0.3, 0.4) is 0 Å². The molecule has 1 rings (SSSR count). The number of nitrogens with one attached hydrogen (secondary N) is 1. The quantitative estimate of drug-likeness (QED) is 0.691. The molecule has 0 fully saturated rings. The van der Waals surface area contributed by atoms with Crippen LogP contribution in [0.1, 0.15) is 20.3 Å². The van der Waals surface area contributed by atoms with E-state index in [1.54, 1.807) is 6.92 Å². The van der Waals surface area contributed by atoms with Gasteiger partial charge in [-0.05, 0) is 26.3 Å². The summed E-state index contributed by atoms with van der Waals surface area (Å²) in [5.74, 6) is 0.361. The summed E-state index contributed by atoms with van der Waals surface area (Å²) >= 11 is 12.0. The molecule has 0 aliphatic heterocycles. The largest absolute Gasteiger partial charge is 0.492 e. The first-order chi connectivity index (χ1) is 9.92. The van der Waals surface area contributed by atoms with E-state index >= 15 is 0 Å². The molecule has 0 heterocycles. The predicted molar refractivity (Wildman–Crippen MR) is 83.9 cm³/mol. The van der Waals surface area contributed by atoms with Crippen LogP contribution in [-0.2, 0) is 14.8 Å². The zero-order valence-corrected chi connectivity index (χ0v) is 14.3. The van der Waals surface area contributed by atoms with Crippen molar-refractivity contribution < 1.29 is 17.9 Å². The molecule has 0 atom stereocenters. The van der Waals surface area contributed by atoms with Gasteiger partial charge in [0.2, 0.25) is 10.0 Å². The molecule has 0 radical (unpaired) electrons. The third-order valence-electron chi connectivity index (χ3n) is 2.54. The molecule has 5 nitrogen and oxygen atoms in total. The van der Waals surface area contributed by atoms with Crippen LogP contribution >= 0.6 is 23.2 Å². The number of hydrogen-bond acceptors (Lipinski definition) is 4. The molecule has 0 aliphatic carbocycles. The van der Waals surface area contributed by atoms with Gasteiger partial charge in [0.25, 0.3) is 0 Å². The minimum atomic E-state index is -3.71. The summed E-state index contributed by atoms with van der Waals surface area (Å²) in [6, 6.07) is 2.70. The second-order valence-electron chi connectivity index (χ2n) is 4.09. The van der Waals surface area contributed by atoms with Crippen LogP contribution in [0.5, 0.6) is 5.75 Å². The molecule has 0 unspecified atom stereocenters. The topological polar surface area (TPSA) is 64.6 Å². The molecule has 0 saturated heterocycles. The van der Waals surface area contributed by atoms with Crippen LogP contribution in [-0.4, -0.2) is 34.8 Å². The zero-order valence-electron chi connectivity index (χ0n) is 12.0. The third-order valence-corrected chi connectivity index (χ3v) is 4.76. The Morgan fingerprint density at radius 3 is 2.48 bits per heavy atom. The van der Waals surface area contributed by atoms with Gasteiger partial charge in [0.1, 0.15) is 10.6 Å². The summed E-state index contributed by atoms with van der Waals surface area (Å²) in [6.45, 7) is 5.46. The maximum absolute atomic E-state index is 12.2. The molecule has 0 aliphatic rings. The lowest BCUT2D eigenvalue weighted by Crippen LogP contribution is -2.26. The van der Waals surface area contributed by atoms with Crippen molar-refractivity contribution in [2.24, 2.45) is 0 Å². The Morgan fingerprint density at radius 1 is 1.14 bits per heavy atom. The van der Waals surface area contributed by atoms with Crippen molar-refractivity contribution in [1.29, 1.82) is 0 Å². The molecule has 0 amide bonds. The predicted octanol–water partition coefficient (Wildman–Crippen LogP) is 3.10. The molecule has 0 aromatic heterocycles. The van der Waals surface area contributed by atoms with Crippen molar-refractivity contribution in [2.75, 3.05) is 26.4 Å². The molecule has 0 bridgehead atoms. The summed E-state index contributed by atoms with van der Waals surface area (Å²) in [4.78, 5) is -0.0611. The van der Waals surface area contributed by atoms with Gasteiger partial charge in [-0.3, -0.25) is 0 Å². The van der Waals surface area contributed by atoms with Crippen molar-refractivity contribution in [3.05, 3.63) is 22.2 Å². The van der Waals surface area contributed by atoms with E-state index in [4.69, 9.17) is 32.7 Å². The molecule has 0 saturated carbocycles. The summed E-state index contributed by atoms with van der Waals surface area (Å²) in [5.41, 5.74) is 0. The van der Waals surface area contributed by atoms with Crippen molar-refractivity contribution in [1.82, 2.24) is 4.72 Å². The van der Waals surface area contributed by atoms with E-state index in [-0.39, 0.29) is 21.5 Å². The van der Waals surface area contributed by atoms with Crippen molar-refractivity contribution in [2.45, 2.75) is 25.2 Å². The van der Waals surface area contributed by atoms with Gasteiger partial charge in [0.15, 0.2) is 0 Å². The molecule has 1 N–H and O–H groups in total. The minimum Gasteiger partial charge on any atom is -0.492 e. The molecule has 120 valence electrons. The van der Waals surface area contributed by atoms with E-state index in [1.165, 1.54) is 12.1 Å². The van der Waals surface area contributed by atoms with Gasteiger partial charge in [0, 0.05) is 25.8 Å². The third kappa shape index (κ3) is 5.64. The maximum Gasteiger partial charge on any atom is 0.242 e. The molecule has 0 spiro atoms. The van der Waals surface area contributed by atoms with E-state index in [0.717, 1.165) is 0 Å². The van der Waals surface area contributed by atoms with E-state index < -0.39 is 10.0 Å². The van der Waals surface area contributed by atoms with Crippen LogP contribution < -0.4 is 9.46 Å². The highest BCUT2D eigenvalue weighted by Crippen LogP contribution is 2.33. The van der Waals surface area contributed by atoms with Crippen LogP contribution in [0.2, 0.25) is 10.0 Å². The minimum absolute atomic E-state index is 0.0611. The molecular formula is C13H19Cl2NO4S. The van der Waals surface area contributed by atoms with Crippen molar-refractivity contribution >= 4 is 33.2 Å². The number of ether oxygens (including phenoxy) is 2. The second kappa shape index (κ2) is 8.80. The normalized spacial score (nSPS) is 11.6. The Labute approximate surface area is 135 Å². The standard InChI is InChI=1S/C13H19Cl2NO4S/c1-3-19-7-5-6-16-21(17,18)13-9-10(14)12(20-4-2)8-11(13)15/h8-9,16H,3-7H2,1-2H3. The highest BCUT2D eigenvalue weighted by atomic mass is 35.5. The summed E-state index contributed by atoms with van der Waals surface area (Å²) in [7, 11) is -3.71. The maximum atomic E-state index is 12.2. The van der Waals surface area contributed by atoms with Gasteiger partial charge in [-0.25, -0.2) is 13.1 Å². The van der Waals surface area contributed by atoms with E-state index in [1.807, 2.05) is 6.92 Å². The number of benzene rings is 1. The number of halogens is 2. The highest BCUT2D eigenvalue weighted by Gasteiger charge is 2.20. The first kappa shape index (κ1) is 18.5. The molecule has 8 heteroatoms. The monoisotopic (exact) mass is 355 g/mol. The Morgan fingerprint density at radius 2 is 1.86 bits per heavy atom. The molecular weight excluding hydrogens is 337 g/mol. The Bertz CT molecular complexity index is 564. The number of sulfonamides is 1. The van der Waals surface area contributed by atoms with Crippen LogP contribution in [0.4, 0.5) is 0 Å². The zero-order chi connectivity index (χ0) is 15.9. The number of hydrogen-bond donors (Lipinski definition) is 1. The molecule has 21 heavy (non-hydrogen) atoms. The smallest absolute Gasteiger partial charge is 0.242 e. The van der Waals surface area contributed by atoms with Crippen LogP contribution in [0.15, 0.2) is 17.0 Å².